The first-order chi connectivity index (χ1) is 12.3. The van der Waals surface area contributed by atoms with Gasteiger partial charge in [-0.25, -0.2) is 0 Å². The number of carbonyl (C=O) groups excluding carboxylic acids is 3. The van der Waals surface area contributed by atoms with E-state index in [1.54, 1.807) is 12.1 Å². The summed E-state index contributed by atoms with van der Waals surface area (Å²) in [4.78, 5) is 38.1. The fraction of sp³-hybridized carbons (Fsp3) is 0.235. The van der Waals surface area contributed by atoms with Crippen LogP contribution in [-0.2, 0) is 11.3 Å². The first-order valence-electron chi connectivity index (χ1n) is 7.58. The second kappa shape index (κ2) is 6.66. The van der Waals surface area contributed by atoms with E-state index >= 15 is 0 Å². The number of imide groups is 1. The standard InChI is InChI=1S/C17H13F3N2O4/c18-17(19,20)10-21(8-11-4-3-7-26-11)14(23)9-22-15(24)12-5-1-2-6-13(12)16(22)25/h1-7H,8-10H2. The molecule has 1 aromatic heterocycles. The van der Waals surface area contributed by atoms with E-state index in [2.05, 4.69) is 0 Å². The summed E-state index contributed by atoms with van der Waals surface area (Å²) >= 11 is 0. The van der Waals surface area contributed by atoms with Gasteiger partial charge < -0.3 is 9.32 Å². The van der Waals surface area contributed by atoms with Gasteiger partial charge in [-0.2, -0.15) is 13.2 Å². The van der Waals surface area contributed by atoms with Crippen molar-refractivity contribution in [1.82, 2.24) is 9.80 Å². The molecule has 3 rings (SSSR count). The number of carbonyl (C=O) groups is 3. The number of alkyl halides is 3. The second-order valence-electron chi connectivity index (χ2n) is 5.69. The minimum atomic E-state index is -4.63. The summed E-state index contributed by atoms with van der Waals surface area (Å²) in [5.41, 5.74) is 0.248. The lowest BCUT2D eigenvalue weighted by atomic mass is 10.1. The van der Waals surface area contributed by atoms with Crippen LogP contribution < -0.4 is 0 Å². The summed E-state index contributed by atoms with van der Waals surface area (Å²) in [5.74, 6) is -2.26. The van der Waals surface area contributed by atoms with E-state index < -0.39 is 43.5 Å². The second-order valence-corrected chi connectivity index (χ2v) is 5.69. The van der Waals surface area contributed by atoms with Gasteiger partial charge in [0.1, 0.15) is 18.8 Å². The molecule has 0 aliphatic carbocycles. The van der Waals surface area contributed by atoms with Crippen molar-refractivity contribution in [3.05, 3.63) is 59.5 Å². The van der Waals surface area contributed by atoms with Gasteiger partial charge in [-0.15, -0.1) is 0 Å². The van der Waals surface area contributed by atoms with Crippen LogP contribution >= 0.6 is 0 Å². The van der Waals surface area contributed by atoms with Crippen molar-refractivity contribution in [3.63, 3.8) is 0 Å². The normalized spacial score (nSPS) is 13.9. The van der Waals surface area contributed by atoms with Crippen LogP contribution in [0.5, 0.6) is 0 Å². The number of furan rings is 1. The number of amides is 3. The van der Waals surface area contributed by atoms with Gasteiger partial charge in [-0.1, -0.05) is 12.1 Å². The van der Waals surface area contributed by atoms with E-state index in [1.807, 2.05) is 0 Å². The van der Waals surface area contributed by atoms with Gasteiger partial charge in [0.05, 0.1) is 23.9 Å². The number of hydrogen-bond donors (Lipinski definition) is 0. The minimum Gasteiger partial charge on any atom is -0.467 e. The Kier molecular flexibility index (Phi) is 4.54. The lowest BCUT2D eigenvalue weighted by Gasteiger charge is -2.25. The molecule has 0 atom stereocenters. The van der Waals surface area contributed by atoms with Gasteiger partial charge in [0.15, 0.2) is 0 Å². The smallest absolute Gasteiger partial charge is 0.406 e. The molecule has 1 aromatic carbocycles. The van der Waals surface area contributed by atoms with Crippen LogP contribution in [0.4, 0.5) is 13.2 Å². The first kappa shape index (κ1) is 17.7. The van der Waals surface area contributed by atoms with Crippen molar-refractivity contribution in [2.24, 2.45) is 0 Å². The average molecular weight is 366 g/mol. The molecule has 0 spiro atoms. The van der Waals surface area contributed by atoms with Gasteiger partial charge >= 0.3 is 6.18 Å². The van der Waals surface area contributed by atoms with Gasteiger partial charge in [-0.05, 0) is 24.3 Å². The Labute approximate surface area is 145 Å². The van der Waals surface area contributed by atoms with Gasteiger partial charge in [0.25, 0.3) is 11.8 Å². The van der Waals surface area contributed by atoms with Crippen LogP contribution in [0.1, 0.15) is 26.5 Å². The van der Waals surface area contributed by atoms with Crippen LogP contribution in [0, 0.1) is 0 Å². The number of benzene rings is 1. The Morgan fingerprint density at radius 1 is 1.04 bits per heavy atom. The number of hydrogen-bond acceptors (Lipinski definition) is 4. The van der Waals surface area contributed by atoms with E-state index in [-0.39, 0.29) is 16.9 Å². The number of rotatable bonds is 5. The Hall–Kier alpha value is -3.10. The lowest BCUT2D eigenvalue weighted by molar-refractivity contribution is -0.162. The van der Waals surface area contributed by atoms with Crippen LogP contribution in [0.15, 0.2) is 47.1 Å². The van der Waals surface area contributed by atoms with Crippen LogP contribution in [0.2, 0.25) is 0 Å². The predicted octanol–water partition coefficient (Wildman–Crippen LogP) is 2.47. The molecule has 0 radical (unpaired) electrons. The third kappa shape index (κ3) is 3.61. The molecule has 0 saturated heterocycles. The summed E-state index contributed by atoms with van der Waals surface area (Å²) in [6, 6.07) is 8.88. The lowest BCUT2D eigenvalue weighted by Crippen LogP contribution is -2.45. The molecule has 2 heterocycles. The highest BCUT2D eigenvalue weighted by atomic mass is 19.4. The molecule has 0 fully saturated rings. The zero-order valence-electron chi connectivity index (χ0n) is 13.3. The van der Waals surface area contributed by atoms with E-state index in [0.717, 1.165) is 0 Å². The van der Waals surface area contributed by atoms with Crippen molar-refractivity contribution in [2.45, 2.75) is 12.7 Å². The monoisotopic (exact) mass is 366 g/mol. The topological polar surface area (TPSA) is 70.8 Å². The third-order valence-electron chi connectivity index (χ3n) is 3.82. The van der Waals surface area contributed by atoms with Crippen molar-refractivity contribution in [3.8, 4) is 0 Å². The van der Waals surface area contributed by atoms with Crippen molar-refractivity contribution in [2.75, 3.05) is 13.1 Å². The number of halogens is 3. The van der Waals surface area contributed by atoms with E-state index in [1.165, 1.54) is 30.5 Å². The molecule has 26 heavy (non-hydrogen) atoms. The van der Waals surface area contributed by atoms with Crippen LogP contribution in [0.3, 0.4) is 0 Å². The molecule has 6 nitrogen and oxygen atoms in total. The SMILES string of the molecule is O=C(CN1C(=O)c2ccccc2C1=O)N(Cc1ccco1)CC(F)(F)F. The summed E-state index contributed by atoms with van der Waals surface area (Å²) in [7, 11) is 0. The van der Waals surface area contributed by atoms with Crippen molar-refractivity contribution in [1.29, 1.82) is 0 Å². The van der Waals surface area contributed by atoms with Crippen LogP contribution in [-0.4, -0.2) is 46.8 Å². The van der Waals surface area contributed by atoms with E-state index in [9.17, 15) is 27.6 Å². The molecule has 0 N–H and O–H groups in total. The predicted molar refractivity (Wildman–Crippen MR) is 82.0 cm³/mol. The molecule has 0 saturated carbocycles. The Balaban J connectivity index is 1.77. The maximum atomic E-state index is 12.8. The molecule has 9 heteroatoms. The zero-order chi connectivity index (χ0) is 18.9. The molecule has 0 unspecified atom stereocenters. The molecular formula is C17H13F3N2O4. The zero-order valence-corrected chi connectivity index (χ0v) is 13.3. The van der Waals surface area contributed by atoms with Gasteiger partial charge in [-0.3, -0.25) is 19.3 Å². The van der Waals surface area contributed by atoms with E-state index in [4.69, 9.17) is 4.42 Å². The van der Waals surface area contributed by atoms with Crippen molar-refractivity contribution >= 4 is 17.7 Å². The first-order valence-corrected chi connectivity index (χ1v) is 7.58. The molecule has 1 aliphatic rings. The molecule has 136 valence electrons. The van der Waals surface area contributed by atoms with Crippen LogP contribution in [0.25, 0.3) is 0 Å². The summed E-state index contributed by atoms with van der Waals surface area (Å²) in [5, 5.41) is 0. The number of fused-ring (bicyclic) bond motifs is 1. The fourth-order valence-corrected chi connectivity index (χ4v) is 2.66. The molecule has 0 bridgehead atoms. The highest BCUT2D eigenvalue weighted by molar-refractivity contribution is 6.22. The van der Waals surface area contributed by atoms with E-state index in [0.29, 0.717) is 9.80 Å². The van der Waals surface area contributed by atoms with Gasteiger partial charge in [0.2, 0.25) is 5.91 Å². The highest BCUT2D eigenvalue weighted by Gasteiger charge is 2.39. The highest BCUT2D eigenvalue weighted by Crippen LogP contribution is 2.23. The molecule has 2 aromatic rings. The summed E-state index contributed by atoms with van der Waals surface area (Å²) < 4.78 is 43.4. The summed E-state index contributed by atoms with van der Waals surface area (Å²) in [6.07, 6.45) is -3.36. The minimum absolute atomic E-state index is 0.124. The fourth-order valence-electron chi connectivity index (χ4n) is 2.66. The quantitative estimate of drug-likeness (QED) is 0.763. The Bertz CT molecular complexity index is 811. The van der Waals surface area contributed by atoms with Gasteiger partial charge in [0, 0.05) is 0 Å². The number of nitrogens with zero attached hydrogens (tertiary/aromatic N) is 2. The van der Waals surface area contributed by atoms with Crippen molar-refractivity contribution < 1.29 is 32.0 Å². The average Bonchev–Trinajstić information content (AvgIpc) is 3.16. The Morgan fingerprint density at radius 3 is 2.15 bits per heavy atom. The largest absolute Gasteiger partial charge is 0.467 e. The third-order valence-corrected chi connectivity index (χ3v) is 3.82. The summed E-state index contributed by atoms with van der Waals surface area (Å²) in [6.45, 7) is -2.71. The maximum Gasteiger partial charge on any atom is 0.406 e. The molecule has 3 amide bonds. The molecular weight excluding hydrogens is 353 g/mol. The maximum absolute atomic E-state index is 12.8. The Morgan fingerprint density at radius 2 is 1.65 bits per heavy atom. The molecule has 1 aliphatic heterocycles.